The van der Waals surface area contributed by atoms with Crippen molar-refractivity contribution in [1.82, 2.24) is 10.3 Å². The molecule has 0 saturated heterocycles. The molecule has 100 valence electrons. The number of benzene rings is 1. The molecule has 0 aliphatic heterocycles. The average molecular weight is 274 g/mol. The molecule has 1 amide bonds. The van der Waals surface area contributed by atoms with Crippen molar-refractivity contribution < 1.29 is 4.79 Å². The predicted octanol–water partition coefficient (Wildman–Crippen LogP) is 2.93. The quantitative estimate of drug-likeness (QED) is 0.931. The number of amides is 1. The zero-order valence-electron chi connectivity index (χ0n) is 11.5. The van der Waals surface area contributed by atoms with Crippen LogP contribution in [-0.2, 0) is 17.8 Å². The number of aromatic nitrogens is 1. The van der Waals surface area contributed by atoms with Crippen molar-refractivity contribution in [3.63, 3.8) is 0 Å². The lowest BCUT2D eigenvalue weighted by Gasteiger charge is -2.05. The molecule has 0 saturated carbocycles. The van der Waals surface area contributed by atoms with E-state index in [-0.39, 0.29) is 5.91 Å². The molecule has 1 aromatic heterocycles. The summed E-state index contributed by atoms with van der Waals surface area (Å²) < 4.78 is 0. The summed E-state index contributed by atoms with van der Waals surface area (Å²) in [5.74, 6) is 0.0493. The molecule has 0 unspecified atom stereocenters. The minimum Gasteiger partial charge on any atom is -0.352 e. The molecule has 0 radical (unpaired) electrons. The second-order valence-corrected chi connectivity index (χ2v) is 5.97. The van der Waals surface area contributed by atoms with Crippen molar-refractivity contribution in [2.24, 2.45) is 0 Å². The molecule has 2 aromatic rings. The third-order valence-corrected chi connectivity index (χ3v) is 3.97. The molecule has 2 rings (SSSR count). The van der Waals surface area contributed by atoms with E-state index in [9.17, 15) is 4.79 Å². The third kappa shape index (κ3) is 3.89. The van der Waals surface area contributed by atoms with Gasteiger partial charge < -0.3 is 5.32 Å². The molecule has 0 bridgehead atoms. The van der Waals surface area contributed by atoms with Crippen molar-refractivity contribution in [3.05, 3.63) is 51.0 Å². The fourth-order valence-electron chi connectivity index (χ4n) is 1.97. The third-order valence-electron chi connectivity index (χ3n) is 2.89. The van der Waals surface area contributed by atoms with Gasteiger partial charge in [0.15, 0.2) is 0 Å². The molecule has 19 heavy (non-hydrogen) atoms. The number of aryl methyl sites for hydroxylation is 3. The highest BCUT2D eigenvalue weighted by Gasteiger charge is 2.09. The van der Waals surface area contributed by atoms with Crippen molar-refractivity contribution in [2.75, 3.05) is 0 Å². The Morgan fingerprint density at radius 1 is 1.32 bits per heavy atom. The lowest BCUT2D eigenvalue weighted by Crippen LogP contribution is -2.24. The van der Waals surface area contributed by atoms with Crippen molar-refractivity contribution >= 4 is 17.2 Å². The summed E-state index contributed by atoms with van der Waals surface area (Å²) >= 11 is 1.59. The van der Waals surface area contributed by atoms with Crippen LogP contribution in [0.3, 0.4) is 0 Å². The van der Waals surface area contributed by atoms with E-state index < -0.39 is 0 Å². The van der Waals surface area contributed by atoms with Gasteiger partial charge in [-0.1, -0.05) is 29.8 Å². The van der Waals surface area contributed by atoms with Crippen molar-refractivity contribution in [3.8, 4) is 0 Å². The highest BCUT2D eigenvalue weighted by atomic mass is 32.1. The summed E-state index contributed by atoms with van der Waals surface area (Å²) in [5, 5.41) is 3.96. The fraction of sp³-hybridized carbons (Fsp3) is 0.333. The van der Waals surface area contributed by atoms with E-state index in [0.717, 1.165) is 21.1 Å². The molecule has 0 spiro atoms. The Kier molecular flexibility index (Phi) is 4.32. The van der Waals surface area contributed by atoms with Crippen LogP contribution in [0.2, 0.25) is 0 Å². The number of hydrogen-bond acceptors (Lipinski definition) is 3. The highest BCUT2D eigenvalue weighted by molar-refractivity contribution is 7.11. The zero-order chi connectivity index (χ0) is 13.8. The Bertz CT molecular complexity index is 590. The molecule has 0 aliphatic carbocycles. The van der Waals surface area contributed by atoms with Gasteiger partial charge in [0.05, 0.1) is 17.1 Å². The van der Waals surface area contributed by atoms with Crippen molar-refractivity contribution in [2.45, 2.75) is 33.7 Å². The van der Waals surface area contributed by atoms with Crippen LogP contribution in [0, 0.1) is 20.8 Å². The minimum atomic E-state index is 0.0493. The van der Waals surface area contributed by atoms with E-state index in [2.05, 4.69) is 29.4 Å². The largest absolute Gasteiger partial charge is 0.352 e. The second-order valence-electron chi connectivity index (χ2n) is 4.68. The Hall–Kier alpha value is -1.68. The number of thiazole rings is 1. The maximum absolute atomic E-state index is 11.9. The molecular weight excluding hydrogens is 256 g/mol. The number of carbonyl (C=O) groups is 1. The van der Waals surface area contributed by atoms with Crippen molar-refractivity contribution in [1.29, 1.82) is 0 Å². The van der Waals surface area contributed by atoms with Crippen LogP contribution in [0.5, 0.6) is 0 Å². The van der Waals surface area contributed by atoms with Gasteiger partial charge >= 0.3 is 0 Å². The van der Waals surface area contributed by atoms with E-state index in [4.69, 9.17) is 0 Å². The molecular formula is C15H18N2OS. The van der Waals surface area contributed by atoms with E-state index >= 15 is 0 Å². The summed E-state index contributed by atoms with van der Waals surface area (Å²) in [6, 6.07) is 8.17. The van der Waals surface area contributed by atoms with Gasteiger partial charge in [0.1, 0.15) is 0 Å². The van der Waals surface area contributed by atoms with Gasteiger partial charge in [-0.15, -0.1) is 11.3 Å². The lowest BCUT2D eigenvalue weighted by atomic mass is 10.1. The van der Waals surface area contributed by atoms with Gasteiger partial charge in [0.2, 0.25) is 5.91 Å². The maximum atomic E-state index is 11.9. The first-order valence-corrected chi connectivity index (χ1v) is 7.11. The topological polar surface area (TPSA) is 42.0 Å². The van der Waals surface area contributed by atoms with E-state index in [1.807, 2.05) is 26.0 Å². The Balaban J connectivity index is 1.90. The van der Waals surface area contributed by atoms with Crippen LogP contribution < -0.4 is 5.32 Å². The molecule has 0 fully saturated rings. The van der Waals surface area contributed by atoms with Gasteiger partial charge in [0.25, 0.3) is 0 Å². The fourth-order valence-corrected chi connectivity index (χ4v) is 2.90. The first-order chi connectivity index (χ1) is 9.04. The molecule has 3 nitrogen and oxygen atoms in total. The van der Waals surface area contributed by atoms with E-state index in [1.165, 1.54) is 5.56 Å². The summed E-state index contributed by atoms with van der Waals surface area (Å²) in [6.07, 6.45) is 0.420. The van der Waals surface area contributed by atoms with Gasteiger partial charge in [-0.3, -0.25) is 4.79 Å². The highest BCUT2D eigenvalue weighted by Crippen LogP contribution is 2.17. The van der Waals surface area contributed by atoms with Crippen LogP contribution in [-0.4, -0.2) is 10.9 Å². The summed E-state index contributed by atoms with van der Waals surface area (Å²) in [4.78, 5) is 17.3. The van der Waals surface area contributed by atoms with Crippen LogP contribution in [0.25, 0.3) is 0 Å². The number of hydrogen-bond donors (Lipinski definition) is 1. The van der Waals surface area contributed by atoms with Crippen LogP contribution in [0.1, 0.15) is 26.7 Å². The maximum Gasteiger partial charge on any atom is 0.225 e. The Morgan fingerprint density at radius 3 is 2.74 bits per heavy atom. The van der Waals surface area contributed by atoms with Crippen LogP contribution in [0.4, 0.5) is 0 Å². The average Bonchev–Trinajstić information content (AvgIpc) is 2.65. The SMILES string of the molecule is Cc1cccc(CNC(=O)Cc2sc(C)nc2C)c1. The smallest absolute Gasteiger partial charge is 0.225 e. The minimum absolute atomic E-state index is 0.0493. The molecule has 1 N–H and O–H groups in total. The first kappa shape index (κ1) is 13.7. The van der Waals surface area contributed by atoms with Gasteiger partial charge in [-0.05, 0) is 26.3 Å². The van der Waals surface area contributed by atoms with Gasteiger partial charge in [-0.2, -0.15) is 0 Å². The first-order valence-electron chi connectivity index (χ1n) is 6.30. The van der Waals surface area contributed by atoms with Crippen LogP contribution >= 0.6 is 11.3 Å². The molecule has 0 aliphatic rings. The Morgan fingerprint density at radius 2 is 2.11 bits per heavy atom. The number of rotatable bonds is 4. The monoisotopic (exact) mass is 274 g/mol. The summed E-state index contributed by atoms with van der Waals surface area (Å²) in [7, 11) is 0. The molecule has 1 heterocycles. The summed E-state index contributed by atoms with van der Waals surface area (Å²) in [5.41, 5.74) is 3.31. The van der Waals surface area contributed by atoms with Crippen LogP contribution in [0.15, 0.2) is 24.3 Å². The van der Waals surface area contributed by atoms with E-state index in [1.54, 1.807) is 11.3 Å². The number of carbonyl (C=O) groups excluding carboxylic acids is 1. The normalized spacial score (nSPS) is 10.5. The molecule has 0 atom stereocenters. The number of nitrogens with one attached hydrogen (secondary N) is 1. The molecule has 4 heteroatoms. The summed E-state index contributed by atoms with van der Waals surface area (Å²) in [6.45, 7) is 6.55. The number of nitrogens with zero attached hydrogens (tertiary/aromatic N) is 1. The Labute approximate surface area is 117 Å². The van der Waals surface area contributed by atoms with E-state index in [0.29, 0.717) is 13.0 Å². The predicted molar refractivity (Wildman–Crippen MR) is 78.3 cm³/mol. The molecule has 1 aromatic carbocycles. The van der Waals surface area contributed by atoms with Gasteiger partial charge in [0, 0.05) is 11.4 Å². The zero-order valence-corrected chi connectivity index (χ0v) is 12.3. The lowest BCUT2D eigenvalue weighted by molar-refractivity contribution is -0.120. The standard InChI is InChI=1S/C15H18N2OS/c1-10-5-4-6-13(7-10)9-16-15(18)8-14-11(2)17-12(3)19-14/h4-7H,8-9H2,1-3H3,(H,16,18). The second kappa shape index (κ2) is 5.97. The van der Waals surface area contributed by atoms with Gasteiger partial charge in [-0.25, -0.2) is 4.98 Å².